The molecule has 1 aliphatic heterocycles. The van der Waals surface area contributed by atoms with Gasteiger partial charge in [-0.25, -0.2) is 4.72 Å². The van der Waals surface area contributed by atoms with Crippen LogP contribution in [0.4, 0.5) is 0 Å². The number of hydrogen-bond acceptors (Lipinski definition) is 5. The molecular weight excluding hydrogens is 318 g/mol. The minimum Gasteiger partial charge on any atom is -0.497 e. The Morgan fingerprint density at radius 3 is 2.39 bits per heavy atom. The van der Waals surface area contributed by atoms with Crippen molar-refractivity contribution in [2.75, 3.05) is 54.1 Å². The first kappa shape index (κ1) is 18.2. The van der Waals surface area contributed by atoms with E-state index in [4.69, 9.17) is 9.47 Å². The molecule has 8 heteroatoms. The molecule has 0 aromatic heterocycles. The Morgan fingerprint density at radius 1 is 1.26 bits per heavy atom. The van der Waals surface area contributed by atoms with Gasteiger partial charge in [0.2, 0.25) is 0 Å². The van der Waals surface area contributed by atoms with Gasteiger partial charge in [0.25, 0.3) is 10.2 Å². The fourth-order valence-electron chi connectivity index (χ4n) is 2.49. The van der Waals surface area contributed by atoms with E-state index in [-0.39, 0.29) is 6.04 Å². The summed E-state index contributed by atoms with van der Waals surface area (Å²) in [6.07, 6.45) is 0. The molecule has 23 heavy (non-hydrogen) atoms. The summed E-state index contributed by atoms with van der Waals surface area (Å²) in [4.78, 5) is 1.99. The molecule has 0 spiro atoms. The van der Waals surface area contributed by atoms with Gasteiger partial charge in [-0.2, -0.15) is 12.7 Å². The molecule has 0 bridgehead atoms. The normalized spacial score (nSPS) is 18.1. The molecule has 2 rings (SSSR count). The van der Waals surface area contributed by atoms with Crippen LogP contribution in [0.15, 0.2) is 24.3 Å². The number of rotatable bonds is 7. The highest BCUT2D eigenvalue weighted by Gasteiger charge is 2.25. The van der Waals surface area contributed by atoms with Crippen molar-refractivity contribution >= 4 is 10.2 Å². The molecule has 1 saturated heterocycles. The summed E-state index contributed by atoms with van der Waals surface area (Å²) < 4.78 is 39.2. The van der Waals surface area contributed by atoms with Crippen LogP contribution in [0.25, 0.3) is 0 Å². The third-order valence-electron chi connectivity index (χ3n) is 3.89. The summed E-state index contributed by atoms with van der Waals surface area (Å²) in [5.74, 6) is 0.778. The molecule has 0 radical (unpaired) electrons. The Kier molecular flexibility index (Phi) is 6.37. The predicted molar refractivity (Wildman–Crippen MR) is 88.7 cm³/mol. The fourth-order valence-corrected chi connectivity index (χ4v) is 3.67. The minimum absolute atomic E-state index is 0.0586. The largest absolute Gasteiger partial charge is 0.497 e. The van der Waals surface area contributed by atoms with Crippen LogP contribution in [0.2, 0.25) is 0 Å². The third kappa shape index (κ3) is 4.89. The second kappa shape index (κ2) is 8.07. The summed E-state index contributed by atoms with van der Waals surface area (Å²) in [6.45, 7) is 1.97. The van der Waals surface area contributed by atoms with Crippen LogP contribution >= 0.6 is 0 Å². The van der Waals surface area contributed by atoms with Crippen molar-refractivity contribution in [3.63, 3.8) is 0 Å². The lowest BCUT2D eigenvalue weighted by atomic mass is 10.1. The molecule has 0 unspecified atom stereocenters. The second-order valence-electron chi connectivity index (χ2n) is 5.62. The molecule has 0 amide bonds. The van der Waals surface area contributed by atoms with Gasteiger partial charge in [0, 0.05) is 25.7 Å². The van der Waals surface area contributed by atoms with E-state index in [1.807, 2.05) is 43.3 Å². The van der Waals surface area contributed by atoms with E-state index in [1.165, 1.54) is 4.31 Å². The maximum Gasteiger partial charge on any atom is 0.279 e. The van der Waals surface area contributed by atoms with Gasteiger partial charge in [0.1, 0.15) is 5.75 Å². The van der Waals surface area contributed by atoms with E-state index in [0.717, 1.165) is 11.3 Å². The number of benzene rings is 1. The van der Waals surface area contributed by atoms with Gasteiger partial charge in [0.15, 0.2) is 0 Å². The van der Waals surface area contributed by atoms with Crippen LogP contribution < -0.4 is 9.46 Å². The van der Waals surface area contributed by atoms with Gasteiger partial charge in [-0.15, -0.1) is 0 Å². The molecule has 1 aliphatic rings. The highest BCUT2D eigenvalue weighted by molar-refractivity contribution is 7.87. The van der Waals surface area contributed by atoms with Crippen LogP contribution in [0.5, 0.6) is 5.75 Å². The minimum atomic E-state index is -3.48. The molecule has 1 fully saturated rings. The standard InChI is InChI=1S/C15H25N3O4S/c1-17(2)15(13-4-6-14(21-3)7-5-13)12-16-23(19,20)18-8-10-22-11-9-18/h4-7,15-16H,8-12H2,1-3H3/t15-/m0/s1. The summed E-state index contributed by atoms with van der Waals surface area (Å²) in [7, 11) is 2.00. The number of likely N-dealkylation sites (N-methyl/N-ethyl adjacent to an activating group) is 1. The Morgan fingerprint density at radius 2 is 1.87 bits per heavy atom. The SMILES string of the molecule is COc1ccc([C@H](CNS(=O)(=O)N2CCOCC2)N(C)C)cc1. The van der Waals surface area contributed by atoms with Crippen molar-refractivity contribution in [1.82, 2.24) is 13.9 Å². The maximum absolute atomic E-state index is 12.4. The smallest absolute Gasteiger partial charge is 0.279 e. The van der Waals surface area contributed by atoms with E-state index < -0.39 is 10.2 Å². The number of nitrogens with one attached hydrogen (secondary N) is 1. The number of methoxy groups -OCH3 is 1. The van der Waals surface area contributed by atoms with Crippen molar-refractivity contribution in [2.45, 2.75) is 6.04 Å². The van der Waals surface area contributed by atoms with Crippen molar-refractivity contribution in [2.24, 2.45) is 0 Å². The molecule has 1 aromatic rings. The lowest BCUT2D eigenvalue weighted by Crippen LogP contribution is -2.48. The van der Waals surface area contributed by atoms with E-state index in [1.54, 1.807) is 7.11 Å². The molecule has 130 valence electrons. The molecule has 7 nitrogen and oxygen atoms in total. The van der Waals surface area contributed by atoms with Crippen LogP contribution in [0.3, 0.4) is 0 Å². The first-order chi connectivity index (χ1) is 10.9. The average Bonchev–Trinajstić information content (AvgIpc) is 2.56. The summed E-state index contributed by atoms with van der Waals surface area (Å²) >= 11 is 0. The van der Waals surface area contributed by atoms with Crippen molar-refractivity contribution < 1.29 is 17.9 Å². The van der Waals surface area contributed by atoms with Crippen LogP contribution in [-0.2, 0) is 14.9 Å². The fraction of sp³-hybridized carbons (Fsp3) is 0.600. The van der Waals surface area contributed by atoms with Gasteiger partial charge < -0.3 is 14.4 Å². The second-order valence-corrected chi connectivity index (χ2v) is 7.37. The molecule has 1 aromatic carbocycles. The Bertz CT molecular complexity index is 583. The summed E-state index contributed by atoms with van der Waals surface area (Å²) in [5.41, 5.74) is 1.03. The topological polar surface area (TPSA) is 71.1 Å². The summed E-state index contributed by atoms with van der Waals surface area (Å²) in [5, 5.41) is 0. The first-order valence-electron chi connectivity index (χ1n) is 7.57. The lowest BCUT2D eigenvalue weighted by molar-refractivity contribution is 0.0724. The molecule has 0 aliphatic carbocycles. The van der Waals surface area contributed by atoms with Crippen molar-refractivity contribution in [1.29, 1.82) is 0 Å². The molecule has 1 N–H and O–H groups in total. The molecule has 1 atom stereocenters. The predicted octanol–water partition coefficient (Wildman–Crippen LogP) is 0.465. The number of nitrogens with zero attached hydrogens (tertiary/aromatic N) is 2. The monoisotopic (exact) mass is 343 g/mol. The van der Waals surface area contributed by atoms with E-state index in [0.29, 0.717) is 32.8 Å². The number of morpholine rings is 1. The maximum atomic E-state index is 12.4. The Labute approximate surface area is 138 Å². The number of hydrogen-bond donors (Lipinski definition) is 1. The lowest BCUT2D eigenvalue weighted by Gasteiger charge is -2.29. The molecule has 0 saturated carbocycles. The Balaban J connectivity index is 2.04. The van der Waals surface area contributed by atoms with E-state index in [9.17, 15) is 8.42 Å². The van der Waals surface area contributed by atoms with E-state index >= 15 is 0 Å². The van der Waals surface area contributed by atoms with Crippen LogP contribution in [0, 0.1) is 0 Å². The zero-order chi connectivity index (χ0) is 16.9. The van der Waals surface area contributed by atoms with Crippen molar-refractivity contribution in [3.8, 4) is 5.75 Å². The van der Waals surface area contributed by atoms with Gasteiger partial charge in [-0.05, 0) is 31.8 Å². The highest BCUT2D eigenvalue weighted by Crippen LogP contribution is 2.21. The van der Waals surface area contributed by atoms with Crippen molar-refractivity contribution in [3.05, 3.63) is 29.8 Å². The van der Waals surface area contributed by atoms with Gasteiger partial charge in [-0.3, -0.25) is 0 Å². The third-order valence-corrected chi connectivity index (χ3v) is 5.47. The van der Waals surface area contributed by atoms with Crippen LogP contribution in [0.1, 0.15) is 11.6 Å². The Hall–Kier alpha value is -1.19. The average molecular weight is 343 g/mol. The van der Waals surface area contributed by atoms with Gasteiger partial charge >= 0.3 is 0 Å². The quantitative estimate of drug-likeness (QED) is 0.779. The first-order valence-corrected chi connectivity index (χ1v) is 9.01. The molecule has 1 heterocycles. The summed E-state index contributed by atoms with van der Waals surface area (Å²) in [6, 6.07) is 7.60. The van der Waals surface area contributed by atoms with E-state index in [2.05, 4.69) is 4.72 Å². The molecular formula is C15H25N3O4S. The highest BCUT2D eigenvalue weighted by atomic mass is 32.2. The zero-order valence-electron chi connectivity index (χ0n) is 13.9. The van der Waals surface area contributed by atoms with Gasteiger partial charge in [0.05, 0.1) is 20.3 Å². The van der Waals surface area contributed by atoms with Crippen LogP contribution in [-0.4, -0.2) is 71.7 Å². The number of ether oxygens (including phenoxy) is 2. The van der Waals surface area contributed by atoms with Gasteiger partial charge in [-0.1, -0.05) is 12.1 Å². The zero-order valence-corrected chi connectivity index (χ0v) is 14.7.